The van der Waals surface area contributed by atoms with Crippen molar-refractivity contribution in [1.29, 1.82) is 0 Å². The van der Waals surface area contributed by atoms with Crippen molar-refractivity contribution < 1.29 is 22.6 Å². The standard InChI is InChI=1S/C28H20F3NO2/c1-2-22-13-14-23(28(29,30)31)17-25(22)24-15-16-26(33-18-20-9-5-3-6-10-20)32-27(24)34-19-21-11-7-4-8-12-21/h1,3-17H,18-19H2. The molecule has 0 spiro atoms. The lowest BCUT2D eigenvalue weighted by Crippen LogP contribution is -2.06. The number of ether oxygens (including phenoxy) is 2. The highest BCUT2D eigenvalue weighted by atomic mass is 19.4. The second-order valence-electron chi connectivity index (χ2n) is 7.45. The van der Waals surface area contributed by atoms with Gasteiger partial charge in [0.25, 0.3) is 0 Å². The smallest absolute Gasteiger partial charge is 0.416 e. The summed E-state index contributed by atoms with van der Waals surface area (Å²) in [6.45, 7) is 0.456. The van der Waals surface area contributed by atoms with Gasteiger partial charge in [-0.25, -0.2) is 0 Å². The van der Waals surface area contributed by atoms with Crippen LogP contribution in [0.4, 0.5) is 13.2 Å². The van der Waals surface area contributed by atoms with Crippen molar-refractivity contribution >= 4 is 0 Å². The monoisotopic (exact) mass is 459 g/mol. The lowest BCUT2D eigenvalue weighted by Gasteiger charge is -2.16. The fourth-order valence-corrected chi connectivity index (χ4v) is 3.35. The van der Waals surface area contributed by atoms with Crippen LogP contribution in [0.3, 0.4) is 0 Å². The van der Waals surface area contributed by atoms with Gasteiger partial charge in [0, 0.05) is 22.8 Å². The Morgan fingerprint density at radius 3 is 1.94 bits per heavy atom. The van der Waals surface area contributed by atoms with E-state index in [9.17, 15) is 13.2 Å². The first kappa shape index (κ1) is 22.9. The molecule has 0 N–H and O–H groups in total. The Balaban J connectivity index is 1.71. The fourth-order valence-electron chi connectivity index (χ4n) is 3.35. The van der Waals surface area contributed by atoms with Gasteiger partial charge in [0.1, 0.15) is 13.2 Å². The molecule has 0 radical (unpaired) electrons. The fraction of sp³-hybridized carbons (Fsp3) is 0.107. The number of terminal acetylenes is 1. The molecule has 0 saturated heterocycles. The van der Waals surface area contributed by atoms with Gasteiger partial charge < -0.3 is 9.47 Å². The number of pyridine rings is 1. The van der Waals surface area contributed by atoms with Gasteiger partial charge in [0.2, 0.25) is 11.8 Å². The van der Waals surface area contributed by atoms with E-state index in [1.165, 1.54) is 6.07 Å². The summed E-state index contributed by atoms with van der Waals surface area (Å²) in [5, 5.41) is 0. The maximum absolute atomic E-state index is 13.4. The summed E-state index contributed by atoms with van der Waals surface area (Å²) in [7, 11) is 0. The summed E-state index contributed by atoms with van der Waals surface area (Å²) in [6, 6.07) is 25.4. The normalized spacial score (nSPS) is 11.0. The molecule has 3 nitrogen and oxygen atoms in total. The molecule has 0 aliphatic rings. The molecule has 0 aliphatic heterocycles. The number of alkyl halides is 3. The minimum absolute atomic E-state index is 0.130. The summed E-state index contributed by atoms with van der Waals surface area (Å²) >= 11 is 0. The highest BCUT2D eigenvalue weighted by Crippen LogP contribution is 2.38. The van der Waals surface area contributed by atoms with Crippen LogP contribution in [0.1, 0.15) is 22.3 Å². The molecular weight excluding hydrogens is 439 g/mol. The number of rotatable bonds is 7. The van der Waals surface area contributed by atoms with E-state index < -0.39 is 11.7 Å². The zero-order valence-corrected chi connectivity index (χ0v) is 18.0. The van der Waals surface area contributed by atoms with Gasteiger partial charge in [0.05, 0.1) is 5.56 Å². The molecule has 34 heavy (non-hydrogen) atoms. The molecule has 0 atom stereocenters. The van der Waals surface area contributed by atoms with E-state index in [-0.39, 0.29) is 30.5 Å². The van der Waals surface area contributed by atoms with Crippen LogP contribution in [0.5, 0.6) is 11.8 Å². The van der Waals surface area contributed by atoms with Gasteiger partial charge in [-0.05, 0) is 35.4 Å². The van der Waals surface area contributed by atoms with Crippen molar-refractivity contribution in [2.45, 2.75) is 19.4 Å². The molecule has 1 heterocycles. The molecule has 0 unspecified atom stereocenters. The zero-order chi connectivity index (χ0) is 24.0. The predicted molar refractivity (Wildman–Crippen MR) is 124 cm³/mol. The topological polar surface area (TPSA) is 31.4 Å². The van der Waals surface area contributed by atoms with E-state index in [1.54, 1.807) is 12.1 Å². The predicted octanol–water partition coefficient (Wildman–Crippen LogP) is 6.91. The van der Waals surface area contributed by atoms with E-state index in [4.69, 9.17) is 15.9 Å². The maximum Gasteiger partial charge on any atom is 0.416 e. The molecule has 6 heteroatoms. The average Bonchev–Trinajstić information content (AvgIpc) is 2.86. The first-order chi connectivity index (χ1) is 16.4. The van der Waals surface area contributed by atoms with Crippen molar-refractivity contribution in [3.63, 3.8) is 0 Å². The van der Waals surface area contributed by atoms with Crippen LogP contribution >= 0.6 is 0 Å². The van der Waals surface area contributed by atoms with Crippen LogP contribution < -0.4 is 9.47 Å². The van der Waals surface area contributed by atoms with Crippen LogP contribution in [0.25, 0.3) is 11.1 Å². The SMILES string of the molecule is C#Cc1ccc(C(F)(F)F)cc1-c1ccc(OCc2ccccc2)nc1OCc1ccccc1. The third-order valence-electron chi connectivity index (χ3n) is 5.08. The van der Waals surface area contributed by atoms with Crippen LogP contribution in [0.15, 0.2) is 91.0 Å². The Morgan fingerprint density at radius 2 is 1.35 bits per heavy atom. The highest BCUT2D eigenvalue weighted by Gasteiger charge is 2.31. The van der Waals surface area contributed by atoms with Crippen LogP contribution in [-0.4, -0.2) is 4.98 Å². The molecule has 170 valence electrons. The Bertz CT molecular complexity index is 1300. The largest absolute Gasteiger partial charge is 0.473 e. The summed E-state index contributed by atoms with van der Waals surface area (Å²) in [6.07, 6.45) is 1.07. The van der Waals surface area contributed by atoms with Crippen molar-refractivity contribution in [1.82, 2.24) is 4.98 Å². The maximum atomic E-state index is 13.4. The van der Waals surface area contributed by atoms with Gasteiger partial charge in [-0.2, -0.15) is 18.2 Å². The minimum atomic E-state index is -4.51. The van der Waals surface area contributed by atoms with E-state index >= 15 is 0 Å². The van der Waals surface area contributed by atoms with Crippen molar-refractivity contribution in [3.8, 4) is 35.2 Å². The minimum Gasteiger partial charge on any atom is -0.473 e. The molecule has 0 saturated carbocycles. The molecular formula is C28H20F3NO2. The third-order valence-corrected chi connectivity index (χ3v) is 5.08. The molecule has 3 aromatic carbocycles. The number of nitrogens with zero attached hydrogens (tertiary/aromatic N) is 1. The molecule has 1 aromatic heterocycles. The summed E-state index contributed by atoms with van der Waals surface area (Å²) in [5.74, 6) is 2.87. The van der Waals surface area contributed by atoms with E-state index in [0.29, 0.717) is 11.1 Å². The van der Waals surface area contributed by atoms with Crippen LogP contribution in [0, 0.1) is 12.3 Å². The molecule has 0 bridgehead atoms. The first-order valence-electron chi connectivity index (χ1n) is 10.5. The first-order valence-corrected chi connectivity index (χ1v) is 10.5. The number of benzene rings is 3. The Labute approximate surface area is 195 Å². The molecule has 0 amide bonds. The Morgan fingerprint density at radius 1 is 0.735 bits per heavy atom. The Hall–Kier alpha value is -4.24. The van der Waals surface area contributed by atoms with E-state index in [0.717, 1.165) is 23.3 Å². The molecule has 0 fully saturated rings. The quantitative estimate of drug-likeness (QED) is 0.282. The van der Waals surface area contributed by atoms with Crippen molar-refractivity contribution in [2.75, 3.05) is 0 Å². The van der Waals surface area contributed by atoms with Gasteiger partial charge in [-0.1, -0.05) is 66.6 Å². The zero-order valence-electron chi connectivity index (χ0n) is 18.0. The third kappa shape index (κ3) is 5.57. The van der Waals surface area contributed by atoms with Crippen LogP contribution in [0.2, 0.25) is 0 Å². The number of hydrogen-bond acceptors (Lipinski definition) is 3. The lowest BCUT2D eigenvalue weighted by molar-refractivity contribution is -0.137. The van der Waals surface area contributed by atoms with Crippen molar-refractivity contribution in [2.24, 2.45) is 0 Å². The molecule has 4 aromatic rings. The average molecular weight is 459 g/mol. The Kier molecular flexibility index (Phi) is 6.84. The summed E-state index contributed by atoms with van der Waals surface area (Å²) in [4.78, 5) is 4.45. The van der Waals surface area contributed by atoms with Crippen molar-refractivity contribution in [3.05, 3.63) is 113 Å². The number of halogens is 3. The van der Waals surface area contributed by atoms with Gasteiger partial charge in [0.15, 0.2) is 0 Å². The van der Waals surface area contributed by atoms with E-state index in [1.807, 2.05) is 60.7 Å². The van der Waals surface area contributed by atoms with Gasteiger partial charge in [-0.3, -0.25) is 0 Å². The highest BCUT2D eigenvalue weighted by molar-refractivity contribution is 5.76. The van der Waals surface area contributed by atoms with Gasteiger partial charge >= 0.3 is 6.18 Å². The van der Waals surface area contributed by atoms with Gasteiger partial charge in [-0.15, -0.1) is 6.42 Å². The number of hydrogen-bond donors (Lipinski definition) is 0. The molecule has 0 aliphatic carbocycles. The van der Waals surface area contributed by atoms with E-state index in [2.05, 4.69) is 10.9 Å². The van der Waals surface area contributed by atoms with Crippen LogP contribution in [-0.2, 0) is 19.4 Å². The second kappa shape index (κ2) is 10.1. The second-order valence-corrected chi connectivity index (χ2v) is 7.45. The summed E-state index contributed by atoms with van der Waals surface area (Å²) < 4.78 is 51.9. The lowest BCUT2D eigenvalue weighted by atomic mass is 9.98. The summed E-state index contributed by atoms with van der Waals surface area (Å²) in [5.41, 5.74) is 1.89. The number of aromatic nitrogens is 1. The molecule has 4 rings (SSSR count).